The topological polar surface area (TPSA) is 58.6 Å². The summed E-state index contributed by atoms with van der Waals surface area (Å²) in [7, 11) is 1.64. The highest BCUT2D eigenvalue weighted by Crippen LogP contribution is 2.42. The molecule has 3 aromatic rings. The number of carbonyl (C=O) groups is 1. The zero-order chi connectivity index (χ0) is 24.2. The summed E-state index contributed by atoms with van der Waals surface area (Å²) < 4.78 is 5.64. The molecule has 0 radical (unpaired) electrons. The van der Waals surface area contributed by atoms with Gasteiger partial charge in [-0.25, -0.2) is 4.98 Å². The SMILES string of the molecule is COc1nc(-c2cccc(-c3cccc4c3CCC4)c2Cl)cnc1CN1CC2(C1)CN(C(C)=O)C2. The zero-order valence-corrected chi connectivity index (χ0v) is 20.9. The van der Waals surface area contributed by atoms with Crippen LogP contribution in [0.3, 0.4) is 0 Å². The lowest BCUT2D eigenvalue weighted by Crippen LogP contribution is -2.72. The second kappa shape index (κ2) is 8.61. The molecule has 0 unspecified atom stereocenters. The summed E-state index contributed by atoms with van der Waals surface area (Å²) in [5.41, 5.74) is 7.75. The minimum atomic E-state index is 0.164. The standard InChI is InChI=1S/C28H29ClN4O2/c1-18(34)33-16-28(17-33)14-32(15-28)13-25-27(35-2)31-24(12-30-25)23-11-5-10-22(26(23)29)21-9-4-7-19-6-3-8-20(19)21/h4-5,7,9-12H,3,6,8,13-17H2,1-2H3. The number of nitrogens with zero attached hydrogens (tertiary/aromatic N) is 4. The predicted molar refractivity (Wildman–Crippen MR) is 136 cm³/mol. The van der Waals surface area contributed by atoms with Crippen LogP contribution in [0.15, 0.2) is 42.6 Å². The van der Waals surface area contributed by atoms with E-state index in [0.717, 1.165) is 55.8 Å². The van der Waals surface area contributed by atoms with Crippen LogP contribution < -0.4 is 4.74 Å². The molecule has 2 aliphatic heterocycles. The predicted octanol–water partition coefficient (Wildman–Crippen LogP) is 4.63. The molecule has 2 saturated heterocycles. The van der Waals surface area contributed by atoms with Gasteiger partial charge in [0.2, 0.25) is 11.8 Å². The van der Waals surface area contributed by atoms with Crippen molar-refractivity contribution in [3.8, 4) is 28.3 Å². The highest BCUT2D eigenvalue weighted by Gasteiger charge is 2.52. The Balaban J connectivity index is 1.23. The van der Waals surface area contributed by atoms with Crippen LogP contribution in [0, 0.1) is 5.41 Å². The molecule has 0 atom stereocenters. The molecule has 0 N–H and O–H groups in total. The lowest BCUT2D eigenvalue weighted by molar-refractivity contribution is -0.157. The molecule has 1 spiro atoms. The third-order valence-corrected chi connectivity index (χ3v) is 8.11. The Bertz CT molecular complexity index is 1310. The summed E-state index contributed by atoms with van der Waals surface area (Å²) in [6, 6.07) is 12.6. The molecule has 6 nitrogen and oxygen atoms in total. The molecule has 0 bridgehead atoms. The Morgan fingerprint density at radius 2 is 1.80 bits per heavy atom. The van der Waals surface area contributed by atoms with Gasteiger partial charge in [0.15, 0.2) is 0 Å². The summed E-state index contributed by atoms with van der Waals surface area (Å²) in [4.78, 5) is 25.3. The van der Waals surface area contributed by atoms with Crippen molar-refractivity contribution in [2.75, 3.05) is 33.3 Å². The third kappa shape index (κ3) is 3.89. The Labute approximate surface area is 210 Å². The fourth-order valence-corrected chi connectivity index (χ4v) is 6.35. The number of ether oxygens (including phenoxy) is 1. The Morgan fingerprint density at radius 1 is 1.06 bits per heavy atom. The van der Waals surface area contributed by atoms with Crippen LogP contribution in [0.2, 0.25) is 5.02 Å². The number of aromatic nitrogens is 2. The van der Waals surface area contributed by atoms with Crippen LogP contribution >= 0.6 is 11.6 Å². The van der Waals surface area contributed by atoms with Crippen molar-refractivity contribution in [1.29, 1.82) is 0 Å². The molecule has 35 heavy (non-hydrogen) atoms. The van der Waals surface area contributed by atoms with Gasteiger partial charge in [0.05, 0.1) is 24.0 Å². The van der Waals surface area contributed by atoms with Crippen molar-refractivity contribution >= 4 is 17.5 Å². The second-order valence-corrected chi connectivity index (χ2v) is 10.6. The van der Waals surface area contributed by atoms with Gasteiger partial charge in [0.1, 0.15) is 5.69 Å². The van der Waals surface area contributed by atoms with Crippen molar-refractivity contribution in [2.24, 2.45) is 5.41 Å². The highest BCUT2D eigenvalue weighted by atomic mass is 35.5. The van der Waals surface area contributed by atoms with E-state index in [9.17, 15) is 4.79 Å². The first-order chi connectivity index (χ1) is 17.0. The number of rotatable bonds is 5. The van der Waals surface area contributed by atoms with E-state index in [1.165, 1.54) is 23.1 Å². The quantitative estimate of drug-likeness (QED) is 0.524. The first-order valence-electron chi connectivity index (χ1n) is 12.2. The van der Waals surface area contributed by atoms with E-state index in [1.807, 2.05) is 17.0 Å². The molecule has 1 aromatic heterocycles. The van der Waals surface area contributed by atoms with Crippen LogP contribution in [0.1, 0.15) is 30.2 Å². The van der Waals surface area contributed by atoms with Gasteiger partial charge >= 0.3 is 0 Å². The Kier molecular flexibility index (Phi) is 5.53. The highest BCUT2D eigenvalue weighted by molar-refractivity contribution is 6.36. The fourth-order valence-electron chi connectivity index (χ4n) is 6.02. The first-order valence-corrected chi connectivity index (χ1v) is 12.6. The number of hydrogen-bond acceptors (Lipinski definition) is 5. The number of likely N-dealkylation sites (tertiary alicyclic amines) is 2. The first kappa shape index (κ1) is 22.5. The van der Waals surface area contributed by atoms with E-state index < -0.39 is 0 Å². The van der Waals surface area contributed by atoms with Crippen molar-refractivity contribution in [3.05, 3.63) is 64.4 Å². The normalized spacial score (nSPS) is 18.2. The monoisotopic (exact) mass is 488 g/mol. The van der Waals surface area contributed by atoms with Gasteiger partial charge in [0.25, 0.3) is 0 Å². The molecule has 1 aliphatic carbocycles. The van der Waals surface area contributed by atoms with Crippen LogP contribution in [-0.2, 0) is 24.2 Å². The van der Waals surface area contributed by atoms with E-state index in [-0.39, 0.29) is 11.3 Å². The Hall–Kier alpha value is -2.96. The number of fused-ring (bicyclic) bond motifs is 1. The average molecular weight is 489 g/mol. The smallest absolute Gasteiger partial charge is 0.237 e. The Morgan fingerprint density at radius 3 is 2.57 bits per heavy atom. The number of hydrogen-bond donors (Lipinski definition) is 0. The summed E-state index contributed by atoms with van der Waals surface area (Å²) in [5, 5.41) is 0.696. The number of aryl methyl sites for hydroxylation is 1. The minimum absolute atomic E-state index is 0.164. The average Bonchev–Trinajstić information content (AvgIpc) is 3.29. The number of carbonyl (C=O) groups excluding carboxylic acids is 1. The van der Waals surface area contributed by atoms with E-state index in [1.54, 1.807) is 20.2 Å². The molecule has 1 amide bonds. The molecular formula is C28H29ClN4O2. The number of amides is 1. The van der Waals surface area contributed by atoms with Gasteiger partial charge in [-0.15, -0.1) is 0 Å². The third-order valence-electron chi connectivity index (χ3n) is 7.70. The number of halogens is 1. The van der Waals surface area contributed by atoms with Gasteiger partial charge in [-0.2, -0.15) is 0 Å². The van der Waals surface area contributed by atoms with E-state index >= 15 is 0 Å². The molecule has 180 valence electrons. The van der Waals surface area contributed by atoms with E-state index in [2.05, 4.69) is 29.2 Å². The summed E-state index contributed by atoms with van der Waals surface area (Å²) in [6.45, 7) is 5.99. The largest absolute Gasteiger partial charge is 0.480 e. The van der Waals surface area contributed by atoms with Crippen LogP contribution in [-0.4, -0.2) is 59.0 Å². The molecule has 3 aliphatic rings. The lowest BCUT2D eigenvalue weighted by Gasteiger charge is -2.60. The van der Waals surface area contributed by atoms with E-state index in [4.69, 9.17) is 26.3 Å². The van der Waals surface area contributed by atoms with Gasteiger partial charge < -0.3 is 9.64 Å². The fraction of sp³-hybridized carbons (Fsp3) is 0.393. The molecular weight excluding hydrogens is 460 g/mol. The summed E-state index contributed by atoms with van der Waals surface area (Å²) in [5.74, 6) is 0.695. The van der Waals surface area contributed by atoms with Crippen molar-refractivity contribution in [3.63, 3.8) is 0 Å². The van der Waals surface area contributed by atoms with Gasteiger partial charge in [-0.1, -0.05) is 48.0 Å². The van der Waals surface area contributed by atoms with Crippen molar-refractivity contribution < 1.29 is 9.53 Å². The molecule has 7 heteroatoms. The molecule has 2 fully saturated rings. The summed E-state index contributed by atoms with van der Waals surface area (Å²) in [6.07, 6.45) is 5.23. The van der Waals surface area contributed by atoms with Crippen molar-refractivity contribution in [2.45, 2.75) is 32.7 Å². The van der Waals surface area contributed by atoms with Crippen LogP contribution in [0.25, 0.3) is 22.4 Å². The number of benzene rings is 2. The van der Waals surface area contributed by atoms with Gasteiger partial charge in [0, 0.05) is 56.2 Å². The summed E-state index contributed by atoms with van der Waals surface area (Å²) >= 11 is 6.97. The van der Waals surface area contributed by atoms with Crippen LogP contribution in [0.4, 0.5) is 0 Å². The second-order valence-electron chi connectivity index (χ2n) is 10.2. The lowest BCUT2D eigenvalue weighted by atomic mass is 9.73. The van der Waals surface area contributed by atoms with Crippen LogP contribution in [0.5, 0.6) is 5.88 Å². The maximum Gasteiger partial charge on any atom is 0.237 e. The van der Waals surface area contributed by atoms with E-state index in [0.29, 0.717) is 23.1 Å². The molecule has 3 heterocycles. The molecule has 0 saturated carbocycles. The van der Waals surface area contributed by atoms with Crippen molar-refractivity contribution in [1.82, 2.24) is 19.8 Å². The molecule has 6 rings (SSSR count). The molecule has 2 aromatic carbocycles. The zero-order valence-electron chi connectivity index (χ0n) is 20.2. The van der Waals surface area contributed by atoms with Gasteiger partial charge in [-0.05, 0) is 36.0 Å². The number of methoxy groups -OCH3 is 1. The maximum atomic E-state index is 11.5. The minimum Gasteiger partial charge on any atom is -0.480 e. The maximum absolute atomic E-state index is 11.5. The van der Waals surface area contributed by atoms with Gasteiger partial charge in [-0.3, -0.25) is 14.7 Å².